The number of amides is 1. The van der Waals surface area contributed by atoms with E-state index >= 15 is 0 Å². The maximum Gasteiger partial charge on any atom is 0.226 e. The fourth-order valence-corrected chi connectivity index (χ4v) is 2.71. The molecule has 6 heteroatoms. The van der Waals surface area contributed by atoms with Gasteiger partial charge >= 0.3 is 0 Å². The number of aromatic nitrogens is 3. The Hall–Kier alpha value is -2.37. The Balaban J connectivity index is 1.95. The molecule has 0 saturated carbocycles. The second kappa shape index (κ2) is 5.20. The Morgan fingerprint density at radius 2 is 2.24 bits per heavy atom. The lowest BCUT2D eigenvalue weighted by atomic mass is 9.89. The standard InChI is InChI=1S/C15H19N5O/c1-8(2)5-9-6-12(20-19-9)11-7-14(21)18-15-10(11)3-4-13(16)17-15/h3-4,6,8,11H,5,7H2,1-2H3,(H,19,20)(H3,16,17,18,21). The van der Waals surface area contributed by atoms with Gasteiger partial charge in [-0.25, -0.2) is 4.98 Å². The van der Waals surface area contributed by atoms with Gasteiger partial charge in [-0.2, -0.15) is 5.10 Å². The molecule has 6 nitrogen and oxygen atoms in total. The van der Waals surface area contributed by atoms with Crippen LogP contribution >= 0.6 is 0 Å². The van der Waals surface area contributed by atoms with Crippen molar-refractivity contribution in [2.24, 2.45) is 5.92 Å². The molecule has 0 aliphatic carbocycles. The Bertz CT molecular complexity index is 676. The molecule has 4 N–H and O–H groups in total. The molecular weight excluding hydrogens is 266 g/mol. The van der Waals surface area contributed by atoms with Crippen LogP contribution in [0.15, 0.2) is 18.2 Å². The van der Waals surface area contributed by atoms with E-state index in [-0.39, 0.29) is 11.8 Å². The normalized spacial score (nSPS) is 17.7. The molecule has 1 aliphatic rings. The number of nitrogen functional groups attached to an aromatic ring is 1. The van der Waals surface area contributed by atoms with E-state index in [0.717, 1.165) is 23.4 Å². The largest absolute Gasteiger partial charge is 0.384 e. The van der Waals surface area contributed by atoms with E-state index in [4.69, 9.17) is 5.73 Å². The molecule has 0 bridgehead atoms. The van der Waals surface area contributed by atoms with Crippen LogP contribution in [0.1, 0.15) is 43.1 Å². The van der Waals surface area contributed by atoms with E-state index in [1.165, 1.54) is 0 Å². The van der Waals surface area contributed by atoms with E-state index in [1.807, 2.05) is 12.1 Å². The maximum atomic E-state index is 11.9. The summed E-state index contributed by atoms with van der Waals surface area (Å²) in [5.41, 5.74) is 8.63. The molecule has 1 atom stereocenters. The first-order chi connectivity index (χ1) is 10.0. The van der Waals surface area contributed by atoms with Crippen LogP contribution in [0.3, 0.4) is 0 Å². The second-order valence-electron chi connectivity index (χ2n) is 5.89. The monoisotopic (exact) mass is 285 g/mol. The molecular formula is C15H19N5O. The number of hydrogen-bond acceptors (Lipinski definition) is 4. The van der Waals surface area contributed by atoms with Gasteiger partial charge in [-0.1, -0.05) is 19.9 Å². The van der Waals surface area contributed by atoms with Crippen molar-refractivity contribution in [3.05, 3.63) is 35.2 Å². The Morgan fingerprint density at radius 3 is 3.00 bits per heavy atom. The average Bonchev–Trinajstić information content (AvgIpc) is 2.84. The summed E-state index contributed by atoms with van der Waals surface area (Å²) in [6, 6.07) is 5.72. The minimum absolute atomic E-state index is 0.0565. The predicted molar refractivity (Wildman–Crippen MR) is 80.9 cm³/mol. The van der Waals surface area contributed by atoms with Gasteiger partial charge in [0.2, 0.25) is 5.91 Å². The van der Waals surface area contributed by atoms with Gasteiger partial charge in [0.15, 0.2) is 0 Å². The SMILES string of the molecule is CC(C)Cc1cc(C2CC(=O)Nc3nc(N)ccc32)n[nH]1. The van der Waals surface area contributed by atoms with Gasteiger partial charge in [0.1, 0.15) is 11.6 Å². The summed E-state index contributed by atoms with van der Waals surface area (Å²) < 4.78 is 0. The highest BCUT2D eigenvalue weighted by molar-refractivity contribution is 5.94. The summed E-state index contributed by atoms with van der Waals surface area (Å²) in [5.74, 6) is 1.38. The van der Waals surface area contributed by atoms with Crippen LogP contribution in [-0.2, 0) is 11.2 Å². The van der Waals surface area contributed by atoms with E-state index < -0.39 is 0 Å². The van der Waals surface area contributed by atoms with E-state index in [2.05, 4.69) is 34.3 Å². The van der Waals surface area contributed by atoms with Gasteiger partial charge in [-0.3, -0.25) is 9.89 Å². The van der Waals surface area contributed by atoms with Crippen molar-refractivity contribution in [2.75, 3.05) is 11.1 Å². The number of H-pyrrole nitrogens is 1. The molecule has 110 valence electrons. The summed E-state index contributed by atoms with van der Waals surface area (Å²) in [5, 5.41) is 10.2. The van der Waals surface area contributed by atoms with Gasteiger partial charge in [0.05, 0.1) is 5.69 Å². The first-order valence-corrected chi connectivity index (χ1v) is 7.13. The van der Waals surface area contributed by atoms with Crippen molar-refractivity contribution in [3.8, 4) is 0 Å². The average molecular weight is 285 g/mol. The van der Waals surface area contributed by atoms with Gasteiger partial charge in [-0.15, -0.1) is 0 Å². The molecule has 0 aromatic carbocycles. The van der Waals surface area contributed by atoms with Crippen molar-refractivity contribution in [1.82, 2.24) is 15.2 Å². The van der Waals surface area contributed by atoms with Crippen LogP contribution in [0.2, 0.25) is 0 Å². The number of rotatable bonds is 3. The third-order valence-electron chi connectivity index (χ3n) is 3.61. The number of carbonyl (C=O) groups is 1. The lowest BCUT2D eigenvalue weighted by molar-refractivity contribution is -0.116. The molecule has 2 aromatic heterocycles. The summed E-state index contributed by atoms with van der Waals surface area (Å²) in [6.07, 6.45) is 1.32. The maximum absolute atomic E-state index is 11.9. The van der Waals surface area contributed by atoms with Crippen molar-refractivity contribution in [2.45, 2.75) is 32.6 Å². The van der Waals surface area contributed by atoms with Crippen LogP contribution < -0.4 is 11.1 Å². The lowest BCUT2D eigenvalue weighted by Gasteiger charge is -2.23. The smallest absolute Gasteiger partial charge is 0.226 e. The second-order valence-corrected chi connectivity index (χ2v) is 5.89. The Morgan fingerprint density at radius 1 is 1.43 bits per heavy atom. The first-order valence-electron chi connectivity index (χ1n) is 7.13. The lowest BCUT2D eigenvalue weighted by Crippen LogP contribution is -2.25. The van der Waals surface area contributed by atoms with Gasteiger partial charge in [-0.05, 0) is 24.5 Å². The van der Waals surface area contributed by atoms with Gasteiger partial charge < -0.3 is 11.1 Å². The topological polar surface area (TPSA) is 96.7 Å². The third-order valence-corrected chi connectivity index (χ3v) is 3.61. The molecule has 3 rings (SSSR count). The first kappa shape index (κ1) is 13.6. The van der Waals surface area contributed by atoms with Crippen LogP contribution in [0.4, 0.5) is 11.6 Å². The van der Waals surface area contributed by atoms with Crippen LogP contribution in [-0.4, -0.2) is 21.1 Å². The number of nitrogens with zero attached hydrogens (tertiary/aromatic N) is 2. The number of anilines is 2. The minimum Gasteiger partial charge on any atom is -0.384 e. The van der Waals surface area contributed by atoms with Crippen LogP contribution in [0.5, 0.6) is 0 Å². The number of hydrogen-bond donors (Lipinski definition) is 3. The number of nitrogens with one attached hydrogen (secondary N) is 2. The highest BCUT2D eigenvalue weighted by Gasteiger charge is 2.29. The van der Waals surface area contributed by atoms with Crippen molar-refractivity contribution in [1.29, 1.82) is 0 Å². The highest BCUT2D eigenvalue weighted by Crippen LogP contribution is 2.35. The highest BCUT2D eigenvalue weighted by atomic mass is 16.1. The fraction of sp³-hybridized carbons (Fsp3) is 0.400. The fourth-order valence-electron chi connectivity index (χ4n) is 2.71. The molecule has 1 aliphatic heterocycles. The van der Waals surface area contributed by atoms with Crippen molar-refractivity contribution >= 4 is 17.5 Å². The molecule has 0 spiro atoms. The summed E-state index contributed by atoms with van der Waals surface area (Å²) in [6.45, 7) is 4.33. The number of carbonyl (C=O) groups excluding carboxylic acids is 1. The van der Waals surface area contributed by atoms with Gasteiger partial charge in [0.25, 0.3) is 0 Å². The quantitative estimate of drug-likeness (QED) is 0.804. The van der Waals surface area contributed by atoms with Gasteiger partial charge in [0, 0.05) is 23.6 Å². The summed E-state index contributed by atoms with van der Waals surface area (Å²) in [7, 11) is 0. The molecule has 0 radical (unpaired) electrons. The summed E-state index contributed by atoms with van der Waals surface area (Å²) in [4.78, 5) is 16.1. The number of pyridine rings is 1. The van der Waals surface area contributed by atoms with E-state index in [1.54, 1.807) is 6.07 Å². The van der Waals surface area contributed by atoms with Crippen molar-refractivity contribution in [3.63, 3.8) is 0 Å². The zero-order valence-corrected chi connectivity index (χ0v) is 12.2. The zero-order valence-electron chi connectivity index (χ0n) is 12.2. The molecule has 21 heavy (non-hydrogen) atoms. The third kappa shape index (κ3) is 2.74. The number of nitrogens with two attached hydrogens (primary N) is 1. The van der Waals surface area contributed by atoms with E-state index in [0.29, 0.717) is 24.0 Å². The van der Waals surface area contributed by atoms with Crippen molar-refractivity contribution < 1.29 is 4.79 Å². The molecule has 0 saturated heterocycles. The van der Waals surface area contributed by atoms with E-state index in [9.17, 15) is 4.79 Å². The number of fused-ring (bicyclic) bond motifs is 1. The molecule has 2 aromatic rings. The summed E-state index contributed by atoms with van der Waals surface area (Å²) >= 11 is 0. The molecule has 0 fully saturated rings. The Kier molecular flexibility index (Phi) is 3.37. The van der Waals surface area contributed by atoms with Crippen LogP contribution in [0, 0.1) is 5.92 Å². The Labute approximate surface area is 123 Å². The zero-order chi connectivity index (χ0) is 15.0. The molecule has 3 heterocycles. The predicted octanol–water partition coefficient (Wildman–Crippen LogP) is 2.06. The van der Waals surface area contributed by atoms with Crippen LogP contribution in [0.25, 0.3) is 0 Å². The molecule has 1 unspecified atom stereocenters. The molecule has 1 amide bonds. The number of aromatic amines is 1. The minimum atomic E-state index is -0.0704.